The van der Waals surface area contributed by atoms with Crippen LogP contribution in [0.3, 0.4) is 0 Å². The topological polar surface area (TPSA) is 96.4 Å². The third-order valence-corrected chi connectivity index (χ3v) is 7.50. The molecule has 212 valence electrons. The molecule has 2 fully saturated rings. The van der Waals surface area contributed by atoms with E-state index < -0.39 is 11.4 Å². The number of piperidine rings is 1. The van der Waals surface area contributed by atoms with Crippen molar-refractivity contribution in [2.45, 2.75) is 32.8 Å². The fourth-order valence-electron chi connectivity index (χ4n) is 4.80. The number of likely N-dealkylation sites (tertiary alicyclic amines) is 1. The maximum atomic E-state index is 14.6. The third kappa shape index (κ3) is 6.47. The molecular weight excluding hydrogens is 613 g/mol. The second-order valence-corrected chi connectivity index (χ2v) is 12.1. The number of anilines is 3. The van der Waals surface area contributed by atoms with Gasteiger partial charge >= 0.3 is 6.09 Å². The fourth-order valence-corrected chi connectivity index (χ4v) is 5.16. The van der Waals surface area contributed by atoms with Crippen LogP contribution in [-0.2, 0) is 9.53 Å². The van der Waals surface area contributed by atoms with Crippen molar-refractivity contribution in [1.29, 1.82) is 0 Å². The van der Waals surface area contributed by atoms with Gasteiger partial charge in [0.15, 0.2) is 5.82 Å². The van der Waals surface area contributed by atoms with Crippen LogP contribution in [-0.4, -0.2) is 50.9 Å². The number of nitrogens with one attached hydrogen (secondary N) is 2. The number of hydrogen-bond donors (Lipinski definition) is 2. The molecule has 41 heavy (non-hydrogen) atoms. The van der Waals surface area contributed by atoms with Crippen LogP contribution in [0.4, 0.5) is 26.4 Å². The van der Waals surface area contributed by atoms with E-state index in [-0.39, 0.29) is 34.0 Å². The lowest BCUT2D eigenvalue weighted by atomic mass is 10.0. The smallest absolute Gasteiger partial charge is 0.410 e. The number of amides is 2. The number of rotatable bonds is 5. The molecule has 1 aliphatic heterocycles. The van der Waals surface area contributed by atoms with Crippen LogP contribution < -0.4 is 10.6 Å². The molecule has 1 saturated carbocycles. The van der Waals surface area contributed by atoms with Crippen molar-refractivity contribution in [2.75, 3.05) is 29.1 Å². The maximum Gasteiger partial charge on any atom is 0.410 e. The lowest BCUT2D eigenvalue weighted by Crippen LogP contribution is -2.37. The van der Waals surface area contributed by atoms with E-state index in [1.165, 1.54) is 18.5 Å². The van der Waals surface area contributed by atoms with Crippen LogP contribution in [0.5, 0.6) is 0 Å². The molecule has 11 heteroatoms. The van der Waals surface area contributed by atoms with Gasteiger partial charge in [-0.1, -0.05) is 51.5 Å². The molecule has 2 amide bonds. The molecule has 0 spiro atoms. The van der Waals surface area contributed by atoms with E-state index in [4.69, 9.17) is 16.3 Å². The first-order chi connectivity index (χ1) is 19.5. The largest absolute Gasteiger partial charge is 0.444 e. The van der Waals surface area contributed by atoms with E-state index in [1.807, 2.05) is 20.8 Å². The Morgan fingerprint density at radius 1 is 1.29 bits per heavy atom. The van der Waals surface area contributed by atoms with Crippen molar-refractivity contribution >= 4 is 67.6 Å². The van der Waals surface area contributed by atoms with Crippen molar-refractivity contribution in [2.24, 2.45) is 11.3 Å². The number of carbonyl (C=O) groups is 2. The van der Waals surface area contributed by atoms with Crippen LogP contribution in [0.25, 0.3) is 10.9 Å². The summed E-state index contributed by atoms with van der Waals surface area (Å²) in [6.45, 7) is 6.62. The van der Waals surface area contributed by atoms with E-state index in [1.54, 1.807) is 35.2 Å². The Balaban J connectivity index is 1.48. The second-order valence-electron chi connectivity index (χ2n) is 11.1. The zero-order valence-electron chi connectivity index (χ0n) is 22.7. The first-order valence-electron chi connectivity index (χ1n) is 13.0. The molecule has 2 aliphatic rings. The van der Waals surface area contributed by atoms with Gasteiger partial charge in [-0.3, -0.25) is 4.79 Å². The van der Waals surface area contributed by atoms with Crippen molar-refractivity contribution in [3.63, 3.8) is 0 Å². The Morgan fingerprint density at radius 3 is 2.85 bits per heavy atom. The van der Waals surface area contributed by atoms with Crippen LogP contribution in [0.1, 0.15) is 32.8 Å². The SMILES string of the molecule is CC(C)(C)OC(=O)N1C[C@H]2C[C@@]2(C#Cc2cc3ncnc(Nc4cccc(Cl)c4F)c3cc2NC(=O)/C=C/CBr)C1. The third-order valence-electron chi connectivity index (χ3n) is 6.84. The standard InChI is InChI=1S/C30H28BrClFN5O3/c1-29(2,3)41-28(40)38-15-19-14-30(19,16-38)10-9-18-12-24-20(13-23(18)36-25(39)8-5-11-31)27(35-17-34-24)37-22-7-4-6-21(32)26(22)33/h4-8,12-13,17,19H,11,14-16H2,1-3H3,(H,36,39)(H,34,35,37)/b8-5+/t19-,30+/m1/s1. The van der Waals surface area contributed by atoms with E-state index in [0.717, 1.165) is 6.42 Å². The number of halogens is 3. The molecule has 2 atom stereocenters. The van der Waals surface area contributed by atoms with Crippen LogP contribution in [0, 0.1) is 29.0 Å². The van der Waals surface area contributed by atoms with E-state index in [9.17, 15) is 14.0 Å². The molecule has 0 radical (unpaired) electrons. The maximum absolute atomic E-state index is 14.6. The number of carbonyl (C=O) groups excluding carboxylic acids is 2. The summed E-state index contributed by atoms with van der Waals surface area (Å²) in [5.74, 6) is 6.31. The minimum atomic E-state index is -0.605. The molecule has 2 aromatic carbocycles. The molecule has 1 aromatic heterocycles. The number of hydrogen-bond acceptors (Lipinski definition) is 6. The summed E-state index contributed by atoms with van der Waals surface area (Å²) in [5, 5.41) is 6.93. The van der Waals surface area contributed by atoms with Crippen LogP contribution in [0.2, 0.25) is 5.02 Å². The Morgan fingerprint density at radius 2 is 2.10 bits per heavy atom. The van der Waals surface area contributed by atoms with Gasteiger partial charge in [-0.25, -0.2) is 19.2 Å². The summed E-state index contributed by atoms with van der Waals surface area (Å²) >= 11 is 9.23. The minimum absolute atomic E-state index is 0.0210. The summed E-state index contributed by atoms with van der Waals surface area (Å²) in [4.78, 5) is 35.6. The van der Waals surface area contributed by atoms with Gasteiger partial charge in [0.25, 0.3) is 0 Å². The second kappa shape index (κ2) is 11.3. The first kappa shape index (κ1) is 28.8. The average Bonchev–Trinajstić information content (AvgIpc) is 3.47. The van der Waals surface area contributed by atoms with Gasteiger partial charge in [-0.15, -0.1) is 0 Å². The predicted octanol–water partition coefficient (Wildman–Crippen LogP) is 6.66. The highest BCUT2D eigenvalue weighted by molar-refractivity contribution is 9.09. The molecule has 0 unspecified atom stereocenters. The van der Waals surface area contributed by atoms with Crippen molar-refractivity contribution < 1.29 is 18.7 Å². The van der Waals surface area contributed by atoms with E-state index >= 15 is 0 Å². The van der Waals surface area contributed by atoms with Gasteiger partial charge in [0.05, 0.1) is 32.9 Å². The molecule has 8 nitrogen and oxygen atoms in total. The fraction of sp³-hybridized carbons (Fsp3) is 0.333. The number of aromatic nitrogens is 2. The number of benzene rings is 2. The van der Waals surface area contributed by atoms with Crippen LogP contribution in [0.15, 0.2) is 48.8 Å². The molecule has 2 N–H and O–H groups in total. The summed E-state index contributed by atoms with van der Waals surface area (Å²) < 4.78 is 20.2. The molecule has 2 heterocycles. The highest BCUT2D eigenvalue weighted by Crippen LogP contribution is 2.57. The molecule has 1 aliphatic carbocycles. The zero-order chi connectivity index (χ0) is 29.4. The van der Waals surface area contributed by atoms with Gasteiger partial charge in [-0.2, -0.15) is 0 Å². The number of ether oxygens (including phenoxy) is 1. The van der Waals surface area contributed by atoms with Gasteiger partial charge in [0, 0.05) is 29.9 Å². The van der Waals surface area contributed by atoms with Gasteiger partial charge < -0.3 is 20.3 Å². The molecule has 1 saturated heterocycles. The van der Waals surface area contributed by atoms with Gasteiger partial charge in [0.2, 0.25) is 5.91 Å². The Hall–Kier alpha value is -3.68. The Bertz CT molecular complexity index is 1630. The van der Waals surface area contributed by atoms with Crippen LogP contribution >= 0.6 is 27.5 Å². The predicted molar refractivity (Wildman–Crippen MR) is 161 cm³/mol. The van der Waals surface area contributed by atoms with E-state index in [0.29, 0.717) is 46.4 Å². The number of fused-ring (bicyclic) bond motifs is 2. The Labute approximate surface area is 250 Å². The van der Waals surface area contributed by atoms with E-state index in [2.05, 4.69) is 48.4 Å². The highest BCUT2D eigenvalue weighted by Gasteiger charge is 2.60. The van der Waals surface area contributed by atoms with Crippen molar-refractivity contribution in [1.82, 2.24) is 14.9 Å². The zero-order valence-corrected chi connectivity index (χ0v) is 25.1. The molecule has 3 aromatic rings. The van der Waals surface area contributed by atoms with Gasteiger partial charge in [-0.05, 0) is 57.4 Å². The summed E-state index contributed by atoms with van der Waals surface area (Å²) in [7, 11) is 0. The lowest BCUT2D eigenvalue weighted by Gasteiger charge is -2.25. The summed E-state index contributed by atoms with van der Waals surface area (Å²) in [6, 6.07) is 8.12. The molecule has 0 bridgehead atoms. The molecule has 5 rings (SSSR count). The van der Waals surface area contributed by atoms with Crippen molar-refractivity contribution in [3.8, 4) is 11.8 Å². The normalized spacial score (nSPS) is 19.5. The average molecular weight is 641 g/mol. The monoisotopic (exact) mass is 639 g/mol. The number of allylic oxidation sites excluding steroid dienone is 1. The Kier molecular flexibility index (Phi) is 7.95. The first-order valence-corrected chi connectivity index (χ1v) is 14.5. The quantitative estimate of drug-likeness (QED) is 0.184. The summed E-state index contributed by atoms with van der Waals surface area (Å²) in [5.41, 5.74) is 0.836. The molecular formula is C30H28BrClFN5O3. The summed E-state index contributed by atoms with van der Waals surface area (Å²) in [6.07, 6.45) is 5.02. The van der Waals surface area contributed by atoms with Crippen molar-refractivity contribution in [3.05, 3.63) is 65.2 Å². The number of nitrogens with zero attached hydrogens (tertiary/aromatic N) is 3. The minimum Gasteiger partial charge on any atom is -0.444 e. The van der Waals surface area contributed by atoms with Gasteiger partial charge in [0.1, 0.15) is 17.7 Å². The highest BCUT2D eigenvalue weighted by atomic mass is 79.9. The lowest BCUT2D eigenvalue weighted by molar-refractivity contribution is -0.111. The number of alkyl halides is 1.